The molecular formula is C23H26F6O6. The summed E-state index contributed by atoms with van der Waals surface area (Å²) in [4.78, 5) is 20.8. The summed E-state index contributed by atoms with van der Waals surface area (Å²) in [6.45, 7) is 4.07. The van der Waals surface area contributed by atoms with Gasteiger partial charge in [-0.2, -0.15) is 26.3 Å². The number of carboxylic acids is 2. The van der Waals surface area contributed by atoms with E-state index in [0.717, 1.165) is 24.0 Å². The molecule has 0 heterocycles. The maximum Gasteiger partial charge on any atom is 0.414 e. The number of aliphatic hydroxyl groups excluding tert-OH is 2. The van der Waals surface area contributed by atoms with Crippen molar-refractivity contribution < 1.29 is 56.4 Å². The highest BCUT2D eigenvalue weighted by Crippen LogP contribution is 2.29. The number of aryl methyl sites for hydroxylation is 2. The van der Waals surface area contributed by atoms with Crippen LogP contribution in [0.25, 0.3) is 0 Å². The molecular weight excluding hydrogens is 486 g/mol. The number of benzene rings is 2. The summed E-state index contributed by atoms with van der Waals surface area (Å²) in [7, 11) is 0. The van der Waals surface area contributed by atoms with E-state index >= 15 is 0 Å². The molecule has 0 saturated carbocycles. The molecule has 196 valence electrons. The van der Waals surface area contributed by atoms with Crippen molar-refractivity contribution in [1.29, 1.82) is 0 Å². The zero-order valence-electron chi connectivity index (χ0n) is 18.8. The van der Waals surface area contributed by atoms with Crippen LogP contribution in [0.1, 0.15) is 52.1 Å². The Balaban J connectivity index is 0.000000497. The number of halogens is 6. The first-order valence-electron chi connectivity index (χ1n) is 10.2. The van der Waals surface area contributed by atoms with Crippen LogP contribution in [0.5, 0.6) is 0 Å². The van der Waals surface area contributed by atoms with E-state index in [9.17, 15) is 35.9 Å². The number of hydrogen-bond acceptors (Lipinski definition) is 4. The molecule has 0 aliphatic heterocycles. The molecule has 35 heavy (non-hydrogen) atoms. The highest BCUT2D eigenvalue weighted by atomic mass is 19.4. The fourth-order valence-corrected chi connectivity index (χ4v) is 2.24. The number of alkyl halides is 6. The van der Waals surface area contributed by atoms with E-state index in [4.69, 9.17) is 20.4 Å². The Hall–Kier alpha value is -3.12. The SMILES string of the molecule is CCc1ccc(C(=O)O)cc1.CCc1ccc(C(=O)O)cc1.OC(CC(O)C(F)(F)F)C(F)(F)F. The molecule has 0 fully saturated rings. The molecule has 0 bridgehead atoms. The van der Waals surface area contributed by atoms with Crippen LogP contribution < -0.4 is 0 Å². The van der Waals surface area contributed by atoms with Crippen molar-refractivity contribution in [2.45, 2.75) is 57.7 Å². The third-order valence-electron chi connectivity index (χ3n) is 4.42. The van der Waals surface area contributed by atoms with Crippen LogP contribution in [-0.2, 0) is 12.8 Å². The molecule has 6 nitrogen and oxygen atoms in total. The van der Waals surface area contributed by atoms with Crippen molar-refractivity contribution in [1.82, 2.24) is 0 Å². The van der Waals surface area contributed by atoms with Crippen LogP contribution in [0.4, 0.5) is 26.3 Å². The van der Waals surface area contributed by atoms with Crippen molar-refractivity contribution in [3.8, 4) is 0 Å². The highest BCUT2D eigenvalue weighted by Gasteiger charge is 2.46. The third kappa shape index (κ3) is 12.8. The summed E-state index contributed by atoms with van der Waals surface area (Å²) in [6.07, 6.45) is -16.5. The van der Waals surface area contributed by atoms with E-state index in [-0.39, 0.29) is 0 Å². The van der Waals surface area contributed by atoms with Crippen LogP contribution in [0, 0.1) is 0 Å². The lowest BCUT2D eigenvalue weighted by Crippen LogP contribution is -2.38. The minimum absolute atomic E-state index is 0.349. The lowest BCUT2D eigenvalue weighted by Gasteiger charge is -2.19. The molecule has 0 aliphatic carbocycles. The second-order valence-corrected chi connectivity index (χ2v) is 7.06. The summed E-state index contributed by atoms with van der Waals surface area (Å²) in [5.74, 6) is -1.74. The van der Waals surface area contributed by atoms with Gasteiger partial charge in [0.2, 0.25) is 0 Å². The monoisotopic (exact) mass is 512 g/mol. The molecule has 2 aromatic carbocycles. The number of hydrogen-bond donors (Lipinski definition) is 4. The number of rotatable bonds is 6. The first-order valence-corrected chi connectivity index (χ1v) is 10.2. The van der Waals surface area contributed by atoms with Gasteiger partial charge >= 0.3 is 24.3 Å². The summed E-state index contributed by atoms with van der Waals surface area (Å²) < 4.78 is 68.8. The number of aromatic carboxylic acids is 2. The quantitative estimate of drug-likeness (QED) is 0.400. The Kier molecular flexibility index (Phi) is 13.0. The van der Waals surface area contributed by atoms with Crippen molar-refractivity contribution >= 4 is 11.9 Å². The molecule has 0 radical (unpaired) electrons. The van der Waals surface area contributed by atoms with Crippen LogP contribution >= 0.6 is 0 Å². The fourth-order valence-electron chi connectivity index (χ4n) is 2.24. The third-order valence-corrected chi connectivity index (χ3v) is 4.42. The first-order chi connectivity index (χ1) is 16.0. The second-order valence-electron chi connectivity index (χ2n) is 7.06. The van der Waals surface area contributed by atoms with Gasteiger partial charge in [0.25, 0.3) is 0 Å². The Morgan fingerprint density at radius 1 is 0.657 bits per heavy atom. The lowest BCUT2D eigenvalue weighted by molar-refractivity contribution is -0.244. The summed E-state index contributed by atoms with van der Waals surface area (Å²) in [5, 5.41) is 33.4. The van der Waals surface area contributed by atoms with E-state index in [0.29, 0.717) is 11.1 Å². The Labute approximate surface area is 197 Å². The van der Waals surface area contributed by atoms with E-state index in [1.165, 1.54) is 0 Å². The Morgan fingerprint density at radius 3 is 1.09 bits per heavy atom. The largest absolute Gasteiger partial charge is 0.478 e. The average molecular weight is 512 g/mol. The molecule has 4 N–H and O–H groups in total. The van der Waals surface area contributed by atoms with Gasteiger partial charge < -0.3 is 20.4 Å². The maximum atomic E-state index is 11.5. The van der Waals surface area contributed by atoms with E-state index < -0.39 is 42.9 Å². The van der Waals surface area contributed by atoms with Gasteiger partial charge in [0.05, 0.1) is 11.1 Å². The highest BCUT2D eigenvalue weighted by molar-refractivity contribution is 5.87. The maximum absolute atomic E-state index is 11.5. The molecule has 2 aromatic rings. The first kappa shape index (κ1) is 31.9. The lowest BCUT2D eigenvalue weighted by atomic mass is 10.1. The van der Waals surface area contributed by atoms with Crippen LogP contribution in [0.15, 0.2) is 48.5 Å². The van der Waals surface area contributed by atoms with E-state index in [2.05, 4.69) is 0 Å². The molecule has 0 spiro atoms. The molecule has 0 aromatic heterocycles. The number of carboxylic acid groups (broad SMARTS) is 2. The van der Waals surface area contributed by atoms with Crippen LogP contribution in [0.3, 0.4) is 0 Å². The van der Waals surface area contributed by atoms with Gasteiger partial charge in [0, 0.05) is 6.42 Å². The molecule has 0 saturated heterocycles. The Bertz CT molecular complexity index is 833. The molecule has 2 unspecified atom stereocenters. The van der Waals surface area contributed by atoms with Gasteiger partial charge in [0.15, 0.2) is 12.2 Å². The van der Waals surface area contributed by atoms with Gasteiger partial charge in [-0.1, -0.05) is 38.1 Å². The van der Waals surface area contributed by atoms with Crippen molar-refractivity contribution in [2.75, 3.05) is 0 Å². The van der Waals surface area contributed by atoms with Crippen LogP contribution in [0.2, 0.25) is 0 Å². The second kappa shape index (κ2) is 14.3. The van der Waals surface area contributed by atoms with Gasteiger partial charge in [0.1, 0.15) is 0 Å². The smallest absolute Gasteiger partial charge is 0.414 e. The van der Waals surface area contributed by atoms with Crippen molar-refractivity contribution in [3.05, 3.63) is 70.8 Å². The number of aliphatic hydroxyl groups is 2. The topological polar surface area (TPSA) is 115 Å². The normalized spacial score (nSPS) is 12.9. The summed E-state index contributed by atoms with van der Waals surface area (Å²) in [6, 6.07) is 13.9. The standard InChI is InChI=1S/2C9H10O2.C5H6F6O2/c2*1-2-7-3-5-8(6-4-7)9(10)11;6-4(7,8)2(12)1-3(13)5(9,10)11/h2*3-6H,2H2,1H3,(H,10,11);2-3,12-13H,1H2. The van der Waals surface area contributed by atoms with Crippen molar-refractivity contribution in [2.24, 2.45) is 0 Å². The minimum atomic E-state index is -5.15. The Morgan fingerprint density at radius 2 is 0.914 bits per heavy atom. The molecule has 2 rings (SSSR count). The van der Waals surface area contributed by atoms with Gasteiger partial charge in [-0.3, -0.25) is 0 Å². The van der Waals surface area contributed by atoms with Gasteiger partial charge in [-0.05, 0) is 48.2 Å². The van der Waals surface area contributed by atoms with Crippen LogP contribution in [-0.4, -0.2) is 56.9 Å². The van der Waals surface area contributed by atoms with E-state index in [1.54, 1.807) is 24.3 Å². The predicted octanol–water partition coefficient (Wildman–Crippen LogP) is 5.12. The van der Waals surface area contributed by atoms with Crippen molar-refractivity contribution in [3.63, 3.8) is 0 Å². The fraction of sp³-hybridized carbons (Fsp3) is 0.391. The average Bonchev–Trinajstić information content (AvgIpc) is 2.78. The molecule has 12 heteroatoms. The minimum Gasteiger partial charge on any atom is -0.478 e. The zero-order valence-corrected chi connectivity index (χ0v) is 18.8. The summed E-state index contributed by atoms with van der Waals surface area (Å²) in [5.41, 5.74) is 3.02. The molecule has 0 amide bonds. The van der Waals surface area contributed by atoms with E-state index in [1.807, 2.05) is 38.1 Å². The molecule has 2 atom stereocenters. The number of carbonyl (C=O) groups is 2. The van der Waals surface area contributed by atoms with Gasteiger partial charge in [-0.15, -0.1) is 0 Å². The zero-order chi connectivity index (χ0) is 27.4. The predicted molar refractivity (Wildman–Crippen MR) is 114 cm³/mol. The molecule has 0 aliphatic rings. The summed E-state index contributed by atoms with van der Waals surface area (Å²) >= 11 is 0. The van der Waals surface area contributed by atoms with Gasteiger partial charge in [-0.25, -0.2) is 9.59 Å².